The first-order chi connectivity index (χ1) is 14.6. The Labute approximate surface area is 176 Å². The molecule has 1 saturated carbocycles. The Morgan fingerprint density at radius 2 is 2.17 bits per heavy atom. The Kier molecular flexibility index (Phi) is 3.76. The number of hydrogen-bond donors (Lipinski definition) is 1. The molecular weight excluding hydrogens is 404 g/mol. The van der Waals surface area contributed by atoms with Crippen molar-refractivity contribution in [2.45, 2.75) is 31.2 Å². The second kappa shape index (κ2) is 6.40. The summed E-state index contributed by atoms with van der Waals surface area (Å²) in [6.07, 6.45) is 6.38. The van der Waals surface area contributed by atoms with Gasteiger partial charge in [0.15, 0.2) is 5.82 Å². The fraction of sp³-hybridized carbons (Fsp3) is 0.350. The van der Waals surface area contributed by atoms with E-state index in [-0.39, 0.29) is 5.91 Å². The van der Waals surface area contributed by atoms with Gasteiger partial charge in [-0.15, -0.1) is 0 Å². The van der Waals surface area contributed by atoms with Crippen LogP contribution in [-0.2, 0) is 13.5 Å². The first-order valence-electron chi connectivity index (χ1n) is 9.98. The van der Waals surface area contributed by atoms with Gasteiger partial charge >= 0.3 is 0 Å². The predicted molar refractivity (Wildman–Crippen MR) is 108 cm³/mol. The fourth-order valence-corrected chi connectivity index (χ4v) is 4.38. The van der Waals surface area contributed by atoms with Gasteiger partial charge in [0.1, 0.15) is 6.04 Å². The number of aryl methyl sites for hydroxylation is 1. The lowest BCUT2D eigenvalue weighted by Crippen LogP contribution is -2.42. The number of nitrogens with one attached hydrogen (secondary N) is 1. The second-order valence-corrected chi connectivity index (χ2v) is 8.27. The predicted octanol–water partition coefficient (Wildman–Crippen LogP) is 2.50. The Hall–Kier alpha value is -3.20. The van der Waals surface area contributed by atoms with E-state index in [9.17, 15) is 4.79 Å². The molecular formula is C20H19ClN8O. The molecule has 30 heavy (non-hydrogen) atoms. The second-order valence-electron chi connectivity index (χ2n) is 7.86. The average Bonchev–Trinajstić information content (AvgIpc) is 3.14. The molecule has 0 aromatic carbocycles. The minimum atomic E-state index is -0.426. The topological polar surface area (TPSA) is 97.0 Å². The lowest BCUT2D eigenvalue weighted by atomic mass is 9.99. The van der Waals surface area contributed by atoms with Crippen molar-refractivity contribution in [3.8, 4) is 0 Å². The number of imidazole rings is 1. The molecule has 0 spiro atoms. The van der Waals surface area contributed by atoms with Crippen LogP contribution in [0.5, 0.6) is 0 Å². The molecule has 9 nitrogen and oxygen atoms in total. The number of carbonyl (C=O) groups is 1. The van der Waals surface area contributed by atoms with Crippen molar-refractivity contribution in [1.82, 2.24) is 39.2 Å². The summed E-state index contributed by atoms with van der Waals surface area (Å²) in [7, 11) is 1.77. The largest absolute Gasteiger partial charge is 0.348 e. The zero-order valence-corrected chi connectivity index (χ0v) is 17.0. The SMILES string of the molecule is Cn1nc(C2CC2)nc1C(=O)N1CCc2[nH]cnc2[C@@H]1c1cc2c(Cl)cccn2n1. The molecule has 0 saturated heterocycles. The lowest BCUT2D eigenvalue weighted by molar-refractivity contribution is 0.0669. The van der Waals surface area contributed by atoms with Crippen molar-refractivity contribution in [2.75, 3.05) is 6.54 Å². The monoisotopic (exact) mass is 422 g/mol. The van der Waals surface area contributed by atoms with Gasteiger partial charge in [-0.2, -0.15) is 10.2 Å². The van der Waals surface area contributed by atoms with E-state index in [0.29, 0.717) is 35.4 Å². The maximum absolute atomic E-state index is 13.6. The molecule has 1 atom stereocenters. The van der Waals surface area contributed by atoms with Crippen LogP contribution in [0, 0.1) is 0 Å². The zero-order chi connectivity index (χ0) is 20.4. The highest BCUT2D eigenvalue weighted by molar-refractivity contribution is 6.33. The summed E-state index contributed by atoms with van der Waals surface area (Å²) >= 11 is 6.36. The van der Waals surface area contributed by atoms with Crippen molar-refractivity contribution in [3.05, 3.63) is 64.5 Å². The Balaban J connectivity index is 1.45. The standard InChI is InChI=1S/C20H19ClN8O/c1-27-19(24-18(26-27)11-4-5-11)20(30)28-8-6-13-16(23-10-22-13)17(28)14-9-15-12(21)3-2-7-29(15)25-14/h2-3,7,9-11,17H,4-6,8H2,1H3,(H,22,23)/t17-/m0/s1. The van der Waals surface area contributed by atoms with Gasteiger partial charge in [0.25, 0.3) is 5.91 Å². The van der Waals surface area contributed by atoms with Crippen LogP contribution in [0.2, 0.25) is 5.02 Å². The summed E-state index contributed by atoms with van der Waals surface area (Å²) in [5.74, 6) is 1.32. The number of carbonyl (C=O) groups excluding carboxylic acids is 1. The molecule has 0 bridgehead atoms. The van der Waals surface area contributed by atoms with E-state index in [1.807, 2.05) is 24.4 Å². The third-order valence-electron chi connectivity index (χ3n) is 5.85. The van der Waals surface area contributed by atoms with Crippen LogP contribution < -0.4 is 0 Å². The van der Waals surface area contributed by atoms with Crippen molar-refractivity contribution in [1.29, 1.82) is 0 Å². The van der Waals surface area contributed by atoms with E-state index < -0.39 is 6.04 Å². The Bertz CT molecular complexity index is 1280. The van der Waals surface area contributed by atoms with Crippen LogP contribution >= 0.6 is 11.6 Å². The Morgan fingerprint density at radius 3 is 2.97 bits per heavy atom. The summed E-state index contributed by atoms with van der Waals surface area (Å²) in [6, 6.07) is 5.16. The van der Waals surface area contributed by atoms with Crippen LogP contribution in [0.3, 0.4) is 0 Å². The molecule has 4 aromatic rings. The van der Waals surface area contributed by atoms with Gasteiger partial charge in [0, 0.05) is 37.8 Å². The molecule has 152 valence electrons. The minimum absolute atomic E-state index is 0.168. The number of hydrogen-bond acceptors (Lipinski definition) is 5. The number of rotatable bonds is 3. The Morgan fingerprint density at radius 1 is 1.30 bits per heavy atom. The van der Waals surface area contributed by atoms with Crippen molar-refractivity contribution >= 4 is 23.0 Å². The molecule has 4 aromatic heterocycles. The van der Waals surface area contributed by atoms with Crippen LogP contribution in [0.1, 0.15) is 58.3 Å². The highest BCUT2D eigenvalue weighted by Crippen LogP contribution is 2.39. The van der Waals surface area contributed by atoms with Gasteiger partial charge in [-0.1, -0.05) is 11.6 Å². The highest BCUT2D eigenvalue weighted by atomic mass is 35.5. The van der Waals surface area contributed by atoms with Crippen molar-refractivity contribution in [3.63, 3.8) is 0 Å². The number of nitrogens with zero attached hydrogens (tertiary/aromatic N) is 7. The number of aromatic amines is 1. The van der Waals surface area contributed by atoms with E-state index in [1.165, 1.54) is 0 Å². The average molecular weight is 423 g/mol. The van der Waals surface area contributed by atoms with Crippen LogP contribution in [0.15, 0.2) is 30.7 Å². The molecule has 1 N–H and O–H groups in total. The minimum Gasteiger partial charge on any atom is -0.348 e. The molecule has 0 unspecified atom stereocenters. The quantitative estimate of drug-likeness (QED) is 0.547. The van der Waals surface area contributed by atoms with E-state index in [2.05, 4.69) is 20.1 Å². The molecule has 6 rings (SSSR count). The summed E-state index contributed by atoms with van der Waals surface area (Å²) in [5, 5.41) is 9.78. The third kappa shape index (κ3) is 2.65. The molecule has 10 heteroatoms. The highest BCUT2D eigenvalue weighted by Gasteiger charge is 2.38. The number of fused-ring (bicyclic) bond motifs is 2. The molecule has 1 amide bonds. The van der Waals surface area contributed by atoms with E-state index >= 15 is 0 Å². The first-order valence-corrected chi connectivity index (χ1v) is 10.4. The third-order valence-corrected chi connectivity index (χ3v) is 6.17. The van der Waals surface area contributed by atoms with Crippen LogP contribution in [0.25, 0.3) is 5.52 Å². The number of H-pyrrole nitrogens is 1. The van der Waals surface area contributed by atoms with Crippen LogP contribution in [0.4, 0.5) is 0 Å². The molecule has 1 fully saturated rings. The van der Waals surface area contributed by atoms with E-state index in [1.54, 1.807) is 27.5 Å². The summed E-state index contributed by atoms with van der Waals surface area (Å²) in [6.45, 7) is 0.534. The van der Waals surface area contributed by atoms with Crippen LogP contribution in [-0.4, -0.2) is 51.7 Å². The van der Waals surface area contributed by atoms with Gasteiger partial charge < -0.3 is 9.88 Å². The summed E-state index contributed by atoms with van der Waals surface area (Å²) in [4.78, 5) is 27.7. The number of pyridine rings is 1. The van der Waals surface area contributed by atoms with E-state index in [0.717, 1.165) is 35.6 Å². The maximum atomic E-state index is 13.6. The normalized spacial score (nSPS) is 18.7. The van der Waals surface area contributed by atoms with Crippen molar-refractivity contribution < 1.29 is 4.79 Å². The lowest BCUT2D eigenvalue weighted by Gasteiger charge is -2.33. The molecule has 1 aliphatic heterocycles. The number of amides is 1. The number of aromatic nitrogens is 7. The summed E-state index contributed by atoms with van der Waals surface area (Å²) in [5.41, 5.74) is 3.33. The smallest absolute Gasteiger partial charge is 0.292 e. The van der Waals surface area contributed by atoms with Gasteiger partial charge in [-0.3, -0.25) is 4.79 Å². The molecule has 5 heterocycles. The summed E-state index contributed by atoms with van der Waals surface area (Å²) < 4.78 is 3.32. The fourth-order valence-electron chi connectivity index (χ4n) is 4.16. The zero-order valence-electron chi connectivity index (χ0n) is 16.3. The van der Waals surface area contributed by atoms with Gasteiger partial charge in [-0.05, 0) is 31.0 Å². The number of halogens is 1. The van der Waals surface area contributed by atoms with Crippen molar-refractivity contribution in [2.24, 2.45) is 7.05 Å². The maximum Gasteiger partial charge on any atom is 0.292 e. The van der Waals surface area contributed by atoms with Gasteiger partial charge in [-0.25, -0.2) is 19.2 Å². The molecule has 1 aliphatic carbocycles. The molecule has 2 aliphatic rings. The van der Waals surface area contributed by atoms with E-state index in [4.69, 9.17) is 16.7 Å². The van der Waals surface area contributed by atoms with Gasteiger partial charge in [0.2, 0.25) is 5.82 Å². The van der Waals surface area contributed by atoms with Gasteiger partial charge in [0.05, 0.1) is 28.3 Å². The first kappa shape index (κ1) is 17.6. The molecule has 0 radical (unpaired) electrons.